The summed E-state index contributed by atoms with van der Waals surface area (Å²) in [6.07, 6.45) is 3.98. The number of aromatic nitrogens is 2. The van der Waals surface area contributed by atoms with Crippen molar-refractivity contribution in [3.05, 3.63) is 82.4 Å². The number of fused-ring (bicyclic) bond motifs is 2. The van der Waals surface area contributed by atoms with Gasteiger partial charge in [0.2, 0.25) is 5.91 Å². The van der Waals surface area contributed by atoms with Crippen LogP contribution in [0, 0.1) is 5.92 Å². The summed E-state index contributed by atoms with van der Waals surface area (Å²) >= 11 is 12.1. The third-order valence-corrected chi connectivity index (χ3v) is 8.29. The number of hydrogen-bond acceptors (Lipinski definition) is 6. The fourth-order valence-corrected chi connectivity index (χ4v) is 5.73. The Hall–Kier alpha value is -3.59. The van der Waals surface area contributed by atoms with Gasteiger partial charge < -0.3 is 16.0 Å². The monoisotopic (exact) mass is 577 g/mol. The first kappa shape index (κ1) is 28.0. The average molecular weight is 579 g/mol. The van der Waals surface area contributed by atoms with Gasteiger partial charge in [0.15, 0.2) is 5.78 Å². The van der Waals surface area contributed by atoms with Gasteiger partial charge in [-0.25, -0.2) is 0 Å². The highest BCUT2D eigenvalue weighted by Crippen LogP contribution is 2.35. The minimum absolute atomic E-state index is 0.140. The number of hydrogen-bond donors (Lipinski definition) is 2. The summed E-state index contributed by atoms with van der Waals surface area (Å²) in [6, 6.07) is 13.3. The molecular weight excluding hydrogens is 549 g/mol. The van der Waals surface area contributed by atoms with Crippen LogP contribution in [0.25, 0.3) is 21.5 Å². The highest BCUT2D eigenvalue weighted by Gasteiger charge is 2.51. The number of likely N-dealkylation sites (N-methyl/N-ethyl adjacent to an activating group) is 1. The van der Waals surface area contributed by atoms with Gasteiger partial charge in [0.25, 0.3) is 5.91 Å². The normalized spacial score (nSPS) is 20.8. The van der Waals surface area contributed by atoms with Gasteiger partial charge in [-0.2, -0.15) is 0 Å². The molecule has 0 radical (unpaired) electrons. The second kappa shape index (κ2) is 11.1. The number of nitrogens with one attached hydrogen (secondary N) is 1. The van der Waals surface area contributed by atoms with E-state index in [-0.39, 0.29) is 30.2 Å². The fourth-order valence-electron chi connectivity index (χ4n) is 5.37. The first-order valence-electron chi connectivity index (χ1n) is 13.1. The van der Waals surface area contributed by atoms with Crippen LogP contribution in [-0.2, 0) is 4.79 Å². The molecule has 4 aromatic rings. The third-order valence-electron chi connectivity index (χ3n) is 7.82. The lowest BCUT2D eigenvalue weighted by molar-refractivity contribution is -0.139. The molecule has 40 heavy (non-hydrogen) atoms. The van der Waals surface area contributed by atoms with E-state index in [2.05, 4.69) is 15.3 Å². The van der Waals surface area contributed by atoms with Crippen molar-refractivity contribution in [1.82, 2.24) is 20.2 Å². The molecule has 1 aliphatic rings. The second-order valence-corrected chi connectivity index (χ2v) is 11.2. The SMILES string of the molecule is CCN(C)C(=O)[C@]1(NC(=O)c2cc3ccc(Cl)cc3cn2)CC[C@H](C(=O)c2cc3ccc(Cl)cc3cn2)C[C@H]1N. The summed E-state index contributed by atoms with van der Waals surface area (Å²) in [5.74, 6) is -1.39. The fraction of sp³-hybridized carbons (Fsp3) is 0.300. The number of carbonyl (C=O) groups excluding carboxylic acids is 3. The van der Waals surface area contributed by atoms with Gasteiger partial charge >= 0.3 is 0 Å². The molecule has 0 bridgehead atoms. The molecule has 10 heteroatoms. The minimum atomic E-state index is -1.39. The Bertz CT molecular complexity index is 1640. The van der Waals surface area contributed by atoms with E-state index in [0.717, 1.165) is 21.5 Å². The Kier molecular flexibility index (Phi) is 7.77. The van der Waals surface area contributed by atoms with E-state index in [1.54, 1.807) is 61.9 Å². The van der Waals surface area contributed by atoms with Gasteiger partial charge in [0.05, 0.1) is 0 Å². The van der Waals surface area contributed by atoms with Crippen molar-refractivity contribution in [3.8, 4) is 0 Å². The van der Waals surface area contributed by atoms with Gasteiger partial charge in [-0.1, -0.05) is 35.3 Å². The molecule has 0 spiro atoms. The van der Waals surface area contributed by atoms with Crippen LogP contribution in [0.2, 0.25) is 10.0 Å². The van der Waals surface area contributed by atoms with Gasteiger partial charge in [-0.05, 0) is 73.4 Å². The van der Waals surface area contributed by atoms with Crippen LogP contribution in [0.15, 0.2) is 60.9 Å². The maximum atomic E-state index is 13.7. The summed E-state index contributed by atoms with van der Waals surface area (Å²) in [6.45, 7) is 2.29. The largest absolute Gasteiger partial charge is 0.344 e. The number of nitrogens with two attached hydrogens (primary N) is 1. The minimum Gasteiger partial charge on any atom is -0.344 e. The molecule has 5 rings (SSSR count). The molecule has 1 saturated carbocycles. The van der Waals surface area contributed by atoms with Crippen molar-refractivity contribution in [3.63, 3.8) is 0 Å². The van der Waals surface area contributed by atoms with E-state index in [1.165, 1.54) is 4.90 Å². The van der Waals surface area contributed by atoms with Crippen molar-refractivity contribution >= 4 is 62.3 Å². The lowest BCUT2D eigenvalue weighted by Gasteiger charge is -2.45. The molecule has 0 aliphatic heterocycles. The van der Waals surface area contributed by atoms with E-state index >= 15 is 0 Å². The molecule has 8 nitrogen and oxygen atoms in total. The van der Waals surface area contributed by atoms with Gasteiger partial charge in [0, 0.05) is 58.8 Å². The molecule has 3 N–H and O–H groups in total. The zero-order valence-electron chi connectivity index (χ0n) is 22.2. The predicted octanol–water partition coefficient (Wildman–Crippen LogP) is 5.05. The topological polar surface area (TPSA) is 118 Å². The van der Waals surface area contributed by atoms with Crippen LogP contribution in [0.4, 0.5) is 0 Å². The standard InChI is InChI=1S/C30H29Cl2N5O3/c1-3-37(2)29(40)30(36-28(39)25-13-18-5-7-23(32)11-21(18)16-35-25)9-8-19(14-26(30)33)27(38)24-12-17-4-6-22(31)10-20(17)15-34-24/h4-7,10-13,15-16,19,26H,3,8-9,14,33H2,1-2H3,(H,36,39)/t19-,26+,30-/m0/s1. The zero-order chi connectivity index (χ0) is 28.6. The van der Waals surface area contributed by atoms with E-state index in [1.807, 2.05) is 13.0 Å². The highest BCUT2D eigenvalue weighted by molar-refractivity contribution is 6.31. The van der Waals surface area contributed by atoms with Crippen LogP contribution in [0.1, 0.15) is 47.2 Å². The number of benzene rings is 2. The van der Waals surface area contributed by atoms with Crippen LogP contribution in [0.3, 0.4) is 0 Å². The maximum Gasteiger partial charge on any atom is 0.270 e. The molecule has 2 heterocycles. The van der Waals surface area contributed by atoms with Crippen molar-refractivity contribution in [2.75, 3.05) is 13.6 Å². The van der Waals surface area contributed by atoms with E-state index in [4.69, 9.17) is 28.9 Å². The van der Waals surface area contributed by atoms with Crippen molar-refractivity contribution in [2.45, 2.75) is 37.8 Å². The molecule has 0 saturated heterocycles. The molecule has 1 aliphatic carbocycles. The number of nitrogens with zero attached hydrogens (tertiary/aromatic N) is 3. The molecule has 1 fully saturated rings. The van der Waals surface area contributed by atoms with E-state index in [9.17, 15) is 14.4 Å². The summed E-state index contributed by atoms with van der Waals surface area (Å²) in [5, 5.41) is 7.37. The lowest BCUT2D eigenvalue weighted by Crippen LogP contribution is -2.70. The van der Waals surface area contributed by atoms with Crippen molar-refractivity contribution < 1.29 is 14.4 Å². The number of carbonyl (C=O) groups is 3. The van der Waals surface area contributed by atoms with Crippen molar-refractivity contribution in [1.29, 1.82) is 0 Å². The van der Waals surface area contributed by atoms with E-state index < -0.39 is 23.4 Å². The number of rotatable bonds is 6. The van der Waals surface area contributed by atoms with Gasteiger partial charge in [0.1, 0.15) is 16.9 Å². The molecule has 206 valence electrons. The van der Waals surface area contributed by atoms with Gasteiger partial charge in [-0.3, -0.25) is 24.4 Å². The van der Waals surface area contributed by atoms with Crippen LogP contribution in [-0.4, -0.2) is 57.6 Å². The van der Waals surface area contributed by atoms with Crippen LogP contribution < -0.4 is 11.1 Å². The van der Waals surface area contributed by atoms with E-state index in [0.29, 0.717) is 28.7 Å². The summed E-state index contributed by atoms with van der Waals surface area (Å²) in [5.41, 5.74) is 5.78. The second-order valence-electron chi connectivity index (χ2n) is 10.3. The number of amides is 2. The summed E-state index contributed by atoms with van der Waals surface area (Å²) in [7, 11) is 1.67. The third kappa shape index (κ3) is 5.27. The number of Topliss-reactive ketones (excluding diaryl/α,β-unsaturated/α-hetero) is 1. The first-order chi connectivity index (χ1) is 19.1. The molecule has 3 atom stereocenters. The van der Waals surface area contributed by atoms with Crippen LogP contribution >= 0.6 is 23.2 Å². The smallest absolute Gasteiger partial charge is 0.270 e. The van der Waals surface area contributed by atoms with Crippen LogP contribution in [0.5, 0.6) is 0 Å². The predicted molar refractivity (Wildman–Crippen MR) is 157 cm³/mol. The highest BCUT2D eigenvalue weighted by atomic mass is 35.5. The Morgan fingerprint density at radius 2 is 1.52 bits per heavy atom. The van der Waals surface area contributed by atoms with Crippen molar-refractivity contribution in [2.24, 2.45) is 11.7 Å². The molecule has 2 aromatic carbocycles. The first-order valence-corrected chi connectivity index (χ1v) is 13.9. The Balaban J connectivity index is 1.40. The molecule has 0 unspecified atom stereocenters. The molecule has 2 aromatic heterocycles. The Morgan fingerprint density at radius 3 is 2.10 bits per heavy atom. The maximum absolute atomic E-state index is 13.7. The quantitative estimate of drug-likeness (QED) is 0.310. The number of pyridine rings is 2. The summed E-state index contributed by atoms with van der Waals surface area (Å²) in [4.78, 5) is 50.8. The van der Waals surface area contributed by atoms with Gasteiger partial charge in [-0.15, -0.1) is 0 Å². The average Bonchev–Trinajstić information content (AvgIpc) is 2.96. The number of ketones is 1. The lowest BCUT2D eigenvalue weighted by atomic mass is 9.70. The molecule has 2 amide bonds. The molecular formula is C30H29Cl2N5O3. The summed E-state index contributed by atoms with van der Waals surface area (Å²) < 4.78 is 0. The zero-order valence-corrected chi connectivity index (χ0v) is 23.7. The Labute approximate surface area is 241 Å². The Morgan fingerprint density at radius 1 is 0.950 bits per heavy atom. The number of halogens is 2.